The van der Waals surface area contributed by atoms with Crippen LogP contribution < -0.4 is 24.3 Å². The first-order valence-corrected chi connectivity index (χ1v) is 7.94. The Bertz CT molecular complexity index is 662. The average molecular weight is 345 g/mol. The maximum absolute atomic E-state index is 12.0. The molecule has 1 N–H and O–H groups in total. The molecule has 6 heteroatoms. The lowest BCUT2D eigenvalue weighted by Crippen LogP contribution is -2.13. The Hall–Kier alpha value is -2.89. The van der Waals surface area contributed by atoms with Crippen LogP contribution in [0.3, 0.4) is 0 Å². The van der Waals surface area contributed by atoms with Crippen LogP contribution in [0.4, 0.5) is 5.69 Å². The standard InChI is InChI=1S/C19H23NO5/c1-22-15-6-8-16(9-7-15)25-10-4-5-19(21)20-14-11-17(23-2)13-18(12-14)24-3/h6-9,11-13H,4-5,10H2,1-3H3,(H,20,21). The minimum Gasteiger partial charge on any atom is -0.497 e. The summed E-state index contributed by atoms with van der Waals surface area (Å²) in [6, 6.07) is 12.6. The Morgan fingerprint density at radius 1 is 0.840 bits per heavy atom. The van der Waals surface area contributed by atoms with Gasteiger partial charge in [0.2, 0.25) is 5.91 Å². The molecule has 0 bridgehead atoms. The van der Waals surface area contributed by atoms with E-state index in [1.165, 1.54) is 0 Å². The number of hydrogen-bond donors (Lipinski definition) is 1. The maximum Gasteiger partial charge on any atom is 0.224 e. The number of benzene rings is 2. The summed E-state index contributed by atoms with van der Waals surface area (Å²) in [7, 11) is 4.75. The summed E-state index contributed by atoms with van der Waals surface area (Å²) in [4.78, 5) is 12.0. The van der Waals surface area contributed by atoms with Crippen molar-refractivity contribution in [2.75, 3.05) is 33.3 Å². The van der Waals surface area contributed by atoms with E-state index in [4.69, 9.17) is 18.9 Å². The normalized spacial score (nSPS) is 10.0. The average Bonchev–Trinajstić information content (AvgIpc) is 2.65. The van der Waals surface area contributed by atoms with E-state index in [1.54, 1.807) is 39.5 Å². The Morgan fingerprint density at radius 2 is 1.40 bits per heavy atom. The molecule has 2 aromatic rings. The van der Waals surface area contributed by atoms with Crippen molar-refractivity contribution in [2.45, 2.75) is 12.8 Å². The highest BCUT2D eigenvalue weighted by Gasteiger charge is 2.06. The summed E-state index contributed by atoms with van der Waals surface area (Å²) in [5, 5.41) is 2.83. The molecule has 0 fully saturated rings. The van der Waals surface area contributed by atoms with Gasteiger partial charge in [-0.2, -0.15) is 0 Å². The van der Waals surface area contributed by atoms with Gasteiger partial charge in [-0.3, -0.25) is 4.79 Å². The molecule has 0 aliphatic heterocycles. The molecule has 6 nitrogen and oxygen atoms in total. The first-order valence-electron chi connectivity index (χ1n) is 7.94. The zero-order valence-corrected chi connectivity index (χ0v) is 14.7. The van der Waals surface area contributed by atoms with Gasteiger partial charge in [-0.25, -0.2) is 0 Å². The monoisotopic (exact) mass is 345 g/mol. The fraction of sp³-hybridized carbons (Fsp3) is 0.316. The van der Waals surface area contributed by atoms with E-state index in [2.05, 4.69) is 5.32 Å². The predicted molar refractivity (Wildman–Crippen MR) is 95.9 cm³/mol. The van der Waals surface area contributed by atoms with Gasteiger partial charge in [-0.15, -0.1) is 0 Å². The topological polar surface area (TPSA) is 66.0 Å². The number of anilines is 1. The second-order valence-corrected chi connectivity index (χ2v) is 5.28. The molecule has 0 atom stereocenters. The van der Waals surface area contributed by atoms with Crippen LogP contribution in [0, 0.1) is 0 Å². The lowest BCUT2D eigenvalue weighted by molar-refractivity contribution is -0.116. The highest BCUT2D eigenvalue weighted by Crippen LogP contribution is 2.25. The van der Waals surface area contributed by atoms with Crippen molar-refractivity contribution in [3.8, 4) is 23.0 Å². The minimum atomic E-state index is -0.0892. The number of ether oxygens (including phenoxy) is 4. The van der Waals surface area contributed by atoms with Crippen LogP contribution in [0.5, 0.6) is 23.0 Å². The number of nitrogens with one attached hydrogen (secondary N) is 1. The molecule has 134 valence electrons. The molecule has 0 radical (unpaired) electrons. The Labute approximate surface area is 147 Å². The zero-order chi connectivity index (χ0) is 18.1. The van der Waals surface area contributed by atoms with E-state index < -0.39 is 0 Å². The molecule has 0 saturated carbocycles. The third-order valence-electron chi connectivity index (χ3n) is 3.51. The van der Waals surface area contributed by atoms with Gasteiger partial charge >= 0.3 is 0 Å². The molecule has 0 aliphatic rings. The molecule has 0 saturated heterocycles. The maximum atomic E-state index is 12.0. The second kappa shape index (κ2) is 9.42. The van der Waals surface area contributed by atoms with Crippen molar-refractivity contribution < 1.29 is 23.7 Å². The van der Waals surface area contributed by atoms with Gasteiger partial charge in [0.05, 0.1) is 27.9 Å². The van der Waals surface area contributed by atoms with Crippen LogP contribution in [0.2, 0.25) is 0 Å². The summed E-state index contributed by atoms with van der Waals surface area (Å²) < 4.78 is 21.1. The van der Waals surface area contributed by atoms with Crippen molar-refractivity contribution in [2.24, 2.45) is 0 Å². The SMILES string of the molecule is COc1ccc(OCCCC(=O)Nc2cc(OC)cc(OC)c2)cc1. The number of carbonyl (C=O) groups excluding carboxylic acids is 1. The fourth-order valence-electron chi connectivity index (χ4n) is 2.20. The van der Waals surface area contributed by atoms with Gasteiger partial charge in [0.15, 0.2) is 0 Å². The Kier molecular flexibility index (Phi) is 6.95. The van der Waals surface area contributed by atoms with Gasteiger partial charge in [0.1, 0.15) is 23.0 Å². The number of amides is 1. The van der Waals surface area contributed by atoms with Crippen LogP contribution in [0.25, 0.3) is 0 Å². The zero-order valence-electron chi connectivity index (χ0n) is 14.7. The predicted octanol–water partition coefficient (Wildman–Crippen LogP) is 3.51. The van der Waals surface area contributed by atoms with Crippen molar-refractivity contribution in [1.82, 2.24) is 0 Å². The molecule has 25 heavy (non-hydrogen) atoms. The van der Waals surface area contributed by atoms with Gasteiger partial charge in [0.25, 0.3) is 0 Å². The Balaban J connectivity index is 1.76. The molecule has 0 aromatic heterocycles. The number of carbonyl (C=O) groups is 1. The van der Waals surface area contributed by atoms with Crippen molar-refractivity contribution >= 4 is 11.6 Å². The minimum absolute atomic E-state index is 0.0892. The van der Waals surface area contributed by atoms with E-state index in [9.17, 15) is 4.79 Å². The summed E-state index contributed by atoms with van der Waals surface area (Å²) in [5.41, 5.74) is 0.636. The molecule has 1 amide bonds. The van der Waals surface area contributed by atoms with Crippen molar-refractivity contribution in [3.63, 3.8) is 0 Å². The van der Waals surface area contributed by atoms with Crippen molar-refractivity contribution in [1.29, 1.82) is 0 Å². The summed E-state index contributed by atoms with van der Waals surface area (Å²) in [5.74, 6) is 2.68. The molecular weight excluding hydrogens is 322 g/mol. The van der Waals surface area contributed by atoms with E-state index in [1.807, 2.05) is 24.3 Å². The van der Waals surface area contributed by atoms with Crippen LogP contribution in [0.15, 0.2) is 42.5 Å². The fourth-order valence-corrected chi connectivity index (χ4v) is 2.20. The van der Waals surface area contributed by atoms with Crippen LogP contribution >= 0.6 is 0 Å². The van der Waals surface area contributed by atoms with E-state index >= 15 is 0 Å². The van der Waals surface area contributed by atoms with Gasteiger partial charge in [-0.05, 0) is 30.7 Å². The van der Waals surface area contributed by atoms with E-state index in [-0.39, 0.29) is 5.91 Å². The second-order valence-electron chi connectivity index (χ2n) is 5.28. The lowest BCUT2D eigenvalue weighted by Gasteiger charge is -2.10. The van der Waals surface area contributed by atoms with Crippen molar-refractivity contribution in [3.05, 3.63) is 42.5 Å². The van der Waals surface area contributed by atoms with Gasteiger partial charge in [-0.1, -0.05) is 0 Å². The molecule has 2 rings (SSSR count). The first kappa shape index (κ1) is 18.4. The molecule has 0 unspecified atom stereocenters. The molecule has 0 spiro atoms. The quantitative estimate of drug-likeness (QED) is 0.705. The van der Waals surface area contributed by atoms with E-state index in [0.29, 0.717) is 36.6 Å². The molecule has 2 aromatic carbocycles. The third kappa shape index (κ3) is 5.91. The largest absolute Gasteiger partial charge is 0.497 e. The number of rotatable bonds is 9. The third-order valence-corrected chi connectivity index (χ3v) is 3.51. The summed E-state index contributed by atoms with van der Waals surface area (Å²) >= 11 is 0. The molecule has 0 aliphatic carbocycles. The lowest BCUT2D eigenvalue weighted by atomic mass is 10.2. The van der Waals surface area contributed by atoms with E-state index in [0.717, 1.165) is 11.5 Å². The van der Waals surface area contributed by atoms with Crippen LogP contribution in [-0.4, -0.2) is 33.8 Å². The number of methoxy groups -OCH3 is 3. The number of hydrogen-bond acceptors (Lipinski definition) is 5. The van der Waals surface area contributed by atoms with Gasteiger partial charge in [0, 0.05) is 30.3 Å². The Morgan fingerprint density at radius 3 is 1.96 bits per heavy atom. The highest BCUT2D eigenvalue weighted by atomic mass is 16.5. The summed E-state index contributed by atoms with van der Waals surface area (Å²) in [6.45, 7) is 0.460. The smallest absolute Gasteiger partial charge is 0.224 e. The van der Waals surface area contributed by atoms with Crippen LogP contribution in [-0.2, 0) is 4.79 Å². The first-order chi connectivity index (χ1) is 12.1. The summed E-state index contributed by atoms with van der Waals surface area (Å²) in [6.07, 6.45) is 0.967. The van der Waals surface area contributed by atoms with Crippen LogP contribution in [0.1, 0.15) is 12.8 Å². The molecule has 0 heterocycles. The highest BCUT2D eigenvalue weighted by molar-refractivity contribution is 5.91. The molecular formula is C19H23NO5. The van der Waals surface area contributed by atoms with Gasteiger partial charge < -0.3 is 24.3 Å².